The Kier molecular flexibility index (Phi) is 7.16. The molecule has 2 aromatic carbocycles. The van der Waals surface area contributed by atoms with Crippen molar-refractivity contribution in [2.75, 3.05) is 32.8 Å². The Balaban J connectivity index is 1.60. The summed E-state index contributed by atoms with van der Waals surface area (Å²) >= 11 is 0. The Hall–Kier alpha value is -2.57. The van der Waals surface area contributed by atoms with E-state index in [0.717, 1.165) is 22.5 Å². The first-order valence-electron chi connectivity index (χ1n) is 9.46. The number of benzene rings is 2. The molecule has 12 heteroatoms. The molecule has 0 aromatic heterocycles. The van der Waals surface area contributed by atoms with E-state index in [1.165, 1.54) is 29.2 Å². The van der Waals surface area contributed by atoms with Crippen molar-refractivity contribution >= 4 is 15.9 Å². The van der Waals surface area contributed by atoms with Crippen LogP contribution >= 0.6 is 0 Å². The summed E-state index contributed by atoms with van der Waals surface area (Å²) in [6.07, 6.45) is -4.43. The van der Waals surface area contributed by atoms with E-state index in [1.807, 2.05) is 0 Å². The highest BCUT2D eigenvalue weighted by Crippen LogP contribution is 2.24. The smallest absolute Gasteiger partial charge is 0.367 e. The summed E-state index contributed by atoms with van der Waals surface area (Å²) in [4.78, 5) is 13.0. The summed E-state index contributed by atoms with van der Waals surface area (Å²) in [5.74, 6) is -2.78. The molecule has 1 fully saturated rings. The lowest BCUT2D eigenvalue weighted by atomic mass is 10.1. The van der Waals surface area contributed by atoms with Gasteiger partial charge in [0.1, 0.15) is 18.2 Å². The van der Waals surface area contributed by atoms with Gasteiger partial charge in [-0.25, -0.2) is 17.2 Å². The summed E-state index contributed by atoms with van der Waals surface area (Å²) < 4.78 is 94.9. The maximum Gasteiger partial charge on any atom is 0.411 e. The summed E-state index contributed by atoms with van der Waals surface area (Å²) in [5.41, 5.74) is 0.717. The second-order valence-corrected chi connectivity index (χ2v) is 8.93. The van der Waals surface area contributed by atoms with Crippen LogP contribution in [0.15, 0.2) is 47.4 Å². The van der Waals surface area contributed by atoms with Crippen molar-refractivity contribution < 1.29 is 39.9 Å². The van der Waals surface area contributed by atoms with Crippen molar-refractivity contribution in [2.24, 2.45) is 0 Å². The van der Waals surface area contributed by atoms with Gasteiger partial charge in [-0.15, -0.1) is 0 Å². The maximum absolute atomic E-state index is 13.9. The van der Waals surface area contributed by atoms with E-state index in [4.69, 9.17) is 0 Å². The van der Waals surface area contributed by atoms with Gasteiger partial charge in [0.2, 0.25) is 10.0 Å². The molecule has 0 aliphatic carbocycles. The molecule has 2 aromatic rings. The number of carbonyl (C=O) groups is 1. The number of nitrogens with zero attached hydrogens (tertiary/aromatic N) is 2. The maximum atomic E-state index is 13.9. The zero-order valence-electron chi connectivity index (χ0n) is 16.6. The van der Waals surface area contributed by atoms with Gasteiger partial charge >= 0.3 is 6.18 Å². The summed E-state index contributed by atoms with van der Waals surface area (Å²) in [5, 5.41) is 0. The Morgan fingerprint density at radius 2 is 1.50 bits per heavy atom. The van der Waals surface area contributed by atoms with Crippen molar-refractivity contribution in [3.8, 4) is 0 Å². The number of alkyl halides is 3. The number of piperazine rings is 1. The Bertz CT molecular complexity index is 1050. The molecule has 0 N–H and O–H groups in total. The molecule has 174 valence electrons. The molecule has 0 spiro atoms. The molecule has 1 aliphatic rings. The quantitative estimate of drug-likeness (QED) is 0.599. The molecule has 32 heavy (non-hydrogen) atoms. The number of amides is 1. The monoisotopic (exact) mass is 478 g/mol. The van der Waals surface area contributed by atoms with Gasteiger partial charge in [0.05, 0.1) is 6.61 Å². The van der Waals surface area contributed by atoms with Crippen molar-refractivity contribution in [1.82, 2.24) is 9.21 Å². The highest BCUT2D eigenvalue weighted by atomic mass is 32.2. The zero-order chi connectivity index (χ0) is 23.5. The van der Waals surface area contributed by atoms with Crippen LogP contribution in [0.25, 0.3) is 0 Å². The highest BCUT2D eigenvalue weighted by molar-refractivity contribution is 7.89. The van der Waals surface area contributed by atoms with E-state index in [2.05, 4.69) is 4.74 Å². The van der Waals surface area contributed by atoms with E-state index in [0.29, 0.717) is 5.56 Å². The topological polar surface area (TPSA) is 66.9 Å². The van der Waals surface area contributed by atoms with Gasteiger partial charge in [-0.05, 0) is 29.8 Å². The number of hydrogen-bond acceptors (Lipinski definition) is 4. The normalized spacial score (nSPS) is 15.7. The Morgan fingerprint density at radius 1 is 0.938 bits per heavy atom. The number of hydrogen-bond donors (Lipinski definition) is 0. The van der Waals surface area contributed by atoms with Crippen LogP contribution in [0.5, 0.6) is 0 Å². The highest BCUT2D eigenvalue weighted by Gasteiger charge is 2.34. The molecule has 1 amide bonds. The minimum absolute atomic E-state index is 0.00454. The Morgan fingerprint density at radius 3 is 2.03 bits per heavy atom. The van der Waals surface area contributed by atoms with Gasteiger partial charge in [-0.1, -0.05) is 18.2 Å². The van der Waals surface area contributed by atoms with Gasteiger partial charge < -0.3 is 9.64 Å². The largest absolute Gasteiger partial charge is 0.411 e. The van der Waals surface area contributed by atoms with Crippen molar-refractivity contribution in [3.63, 3.8) is 0 Å². The summed E-state index contributed by atoms with van der Waals surface area (Å²) in [7, 11) is -4.41. The lowest BCUT2D eigenvalue weighted by molar-refractivity contribution is -0.176. The van der Waals surface area contributed by atoms with Gasteiger partial charge in [-0.3, -0.25) is 4.79 Å². The molecule has 0 unspecified atom stereocenters. The molecule has 0 radical (unpaired) electrons. The number of sulfonamides is 1. The van der Waals surface area contributed by atoms with Crippen LogP contribution in [0.4, 0.5) is 22.0 Å². The number of halogens is 5. The standard InChI is InChI=1S/C20H19F5N2O4S/c21-16-2-1-3-17(22)18(16)32(29,30)27-10-8-26(9-11-27)19(28)15-6-4-14(5-7-15)12-31-13-20(23,24)25/h1-7H,8-13H2. The fraction of sp³-hybridized carbons (Fsp3) is 0.350. The van der Waals surface area contributed by atoms with Crippen molar-refractivity contribution in [1.29, 1.82) is 0 Å². The van der Waals surface area contributed by atoms with Crippen LogP contribution in [0.1, 0.15) is 15.9 Å². The van der Waals surface area contributed by atoms with Crippen molar-refractivity contribution in [3.05, 3.63) is 65.2 Å². The predicted octanol–water partition coefficient (Wildman–Crippen LogP) is 3.19. The average Bonchev–Trinajstić information content (AvgIpc) is 2.73. The minimum atomic E-state index is -4.43. The molecule has 0 bridgehead atoms. The van der Waals surface area contributed by atoms with Gasteiger partial charge in [0.25, 0.3) is 5.91 Å². The van der Waals surface area contributed by atoms with E-state index in [-0.39, 0.29) is 38.3 Å². The first kappa shape index (κ1) is 24.1. The fourth-order valence-electron chi connectivity index (χ4n) is 3.20. The second-order valence-electron chi connectivity index (χ2n) is 7.05. The summed E-state index contributed by atoms with van der Waals surface area (Å²) in [6, 6.07) is 8.57. The lowest BCUT2D eigenvalue weighted by Crippen LogP contribution is -2.50. The minimum Gasteiger partial charge on any atom is -0.367 e. The number of ether oxygens (including phenoxy) is 1. The third kappa shape index (κ3) is 5.61. The average molecular weight is 478 g/mol. The molecule has 0 atom stereocenters. The fourth-order valence-corrected chi connectivity index (χ4v) is 4.73. The molecule has 1 heterocycles. The Labute approximate surface area is 181 Å². The van der Waals surface area contributed by atoms with Gasteiger partial charge in [-0.2, -0.15) is 17.5 Å². The van der Waals surface area contributed by atoms with Crippen LogP contribution in [-0.4, -0.2) is 62.5 Å². The first-order valence-corrected chi connectivity index (χ1v) is 10.9. The van der Waals surface area contributed by atoms with Crippen LogP contribution in [0, 0.1) is 11.6 Å². The third-order valence-corrected chi connectivity index (χ3v) is 6.73. The van der Waals surface area contributed by atoms with E-state index < -0.39 is 45.2 Å². The van der Waals surface area contributed by atoms with Crippen molar-refractivity contribution in [2.45, 2.75) is 17.7 Å². The molecular weight excluding hydrogens is 459 g/mol. The van der Waals surface area contributed by atoms with E-state index in [9.17, 15) is 35.2 Å². The molecule has 6 nitrogen and oxygen atoms in total. The molecule has 3 rings (SSSR count). The second kappa shape index (κ2) is 9.51. The molecule has 1 aliphatic heterocycles. The van der Waals surface area contributed by atoms with Crippen LogP contribution < -0.4 is 0 Å². The SMILES string of the molecule is O=C(c1ccc(COCC(F)(F)F)cc1)N1CCN(S(=O)(=O)c2c(F)cccc2F)CC1. The predicted molar refractivity (Wildman–Crippen MR) is 103 cm³/mol. The lowest BCUT2D eigenvalue weighted by Gasteiger charge is -2.34. The third-order valence-electron chi connectivity index (χ3n) is 4.78. The summed E-state index contributed by atoms with van der Waals surface area (Å²) in [6.45, 7) is -1.93. The number of rotatable bonds is 6. The molecule has 1 saturated heterocycles. The molecular formula is C20H19F5N2O4S. The van der Waals surface area contributed by atoms with E-state index in [1.54, 1.807) is 0 Å². The molecule has 0 saturated carbocycles. The van der Waals surface area contributed by atoms with Crippen LogP contribution in [0.2, 0.25) is 0 Å². The van der Waals surface area contributed by atoms with Crippen LogP contribution in [-0.2, 0) is 21.4 Å². The van der Waals surface area contributed by atoms with Crippen LogP contribution in [0.3, 0.4) is 0 Å². The number of carbonyl (C=O) groups excluding carboxylic acids is 1. The van der Waals surface area contributed by atoms with Gasteiger partial charge in [0.15, 0.2) is 4.90 Å². The zero-order valence-corrected chi connectivity index (χ0v) is 17.4. The van der Waals surface area contributed by atoms with E-state index >= 15 is 0 Å². The first-order chi connectivity index (χ1) is 15.0. The van der Waals surface area contributed by atoms with Gasteiger partial charge in [0, 0.05) is 31.7 Å².